The lowest BCUT2D eigenvalue weighted by molar-refractivity contribution is 0.0997. The van der Waals surface area contributed by atoms with Gasteiger partial charge in [-0.2, -0.15) is 0 Å². The largest absolute Gasteiger partial charge is 0.293 e. The van der Waals surface area contributed by atoms with Gasteiger partial charge in [-0.15, -0.1) is 11.3 Å². The van der Waals surface area contributed by atoms with Crippen molar-refractivity contribution in [3.8, 4) is 10.4 Å². The molecule has 0 saturated heterocycles. The van der Waals surface area contributed by atoms with Crippen molar-refractivity contribution in [2.24, 2.45) is 0 Å². The molecule has 3 rings (SSSR count). The molecule has 2 aromatic carbocycles. The first-order valence-corrected chi connectivity index (χ1v) is 7.88. The Morgan fingerprint density at radius 3 is 2.55 bits per heavy atom. The van der Waals surface area contributed by atoms with E-state index in [1.165, 1.54) is 29.0 Å². The maximum atomic E-state index is 13.3. The van der Waals surface area contributed by atoms with Crippen molar-refractivity contribution in [2.75, 3.05) is 0 Å². The van der Waals surface area contributed by atoms with Crippen molar-refractivity contribution >= 4 is 17.1 Å². The number of thiophene rings is 1. The van der Waals surface area contributed by atoms with Crippen LogP contribution in [0.15, 0.2) is 60.7 Å². The average Bonchev–Trinajstić information content (AvgIpc) is 3.00. The Morgan fingerprint density at radius 1 is 1.05 bits per heavy atom. The van der Waals surface area contributed by atoms with E-state index in [1.807, 2.05) is 49.4 Å². The quantitative estimate of drug-likeness (QED) is 0.599. The molecular formula is C19H15FOS. The topological polar surface area (TPSA) is 17.1 Å². The first kappa shape index (κ1) is 14.7. The van der Waals surface area contributed by atoms with Gasteiger partial charge in [0.15, 0.2) is 5.78 Å². The molecule has 0 aliphatic rings. The molecule has 0 bridgehead atoms. The summed E-state index contributed by atoms with van der Waals surface area (Å²) in [5, 5.41) is 0. The monoisotopic (exact) mass is 310 g/mol. The normalized spacial score (nSPS) is 10.6. The van der Waals surface area contributed by atoms with Gasteiger partial charge in [0.2, 0.25) is 0 Å². The number of ketones is 1. The fourth-order valence-corrected chi connectivity index (χ4v) is 3.20. The highest BCUT2D eigenvalue weighted by molar-refractivity contribution is 7.17. The molecule has 0 atom stereocenters. The van der Waals surface area contributed by atoms with Crippen LogP contribution in [-0.4, -0.2) is 5.78 Å². The van der Waals surface area contributed by atoms with E-state index in [0.717, 1.165) is 16.0 Å². The fraction of sp³-hybridized carbons (Fsp3) is 0.105. The van der Waals surface area contributed by atoms with Crippen LogP contribution >= 0.6 is 11.3 Å². The molecule has 0 aliphatic heterocycles. The first-order chi connectivity index (χ1) is 10.6. The number of halogens is 1. The second kappa shape index (κ2) is 6.24. The van der Waals surface area contributed by atoms with Crippen molar-refractivity contribution in [1.29, 1.82) is 0 Å². The van der Waals surface area contributed by atoms with E-state index in [2.05, 4.69) is 0 Å². The number of rotatable bonds is 4. The van der Waals surface area contributed by atoms with E-state index >= 15 is 0 Å². The molecule has 0 radical (unpaired) electrons. The van der Waals surface area contributed by atoms with E-state index in [1.54, 1.807) is 6.07 Å². The molecule has 3 aromatic rings. The average molecular weight is 310 g/mol. The van der Waals surface area contributed by atoms with Gasteiger partial charge in [0, 0.05) is 11.3 Å². The van der Waals surface area contributed by atoms with Gasteiger partial charge >= 0.3 is 0 Å². The van der Waals surface area contributed by atoms with Gasteiger partial charge in [-0.05, 0) is 42.3 Å². The lowest BCUT2D eigenvalue weighted by atomic mass is 10.1. The highest BCUT2D eigenvalue weighted by Gasteiger charge is 2.11. The van der Waals surface area contributed by atoms with Crippen LogP contribution < -0.4 is 0 Å². The minimum atomic E-state index is -0.265. The Hall–Kier alpha value is -2.26. The van der Waals surface area contributed by atoms with Gasteiger partial charge in [0.1, 0.15) is 5.82 Å². The Kier molecular flexibility index (Phi) is 4.16. The van der Waals surface area contributed by atoms with Gasteiger partial charge < -0.3 is 0 Å². The molecule has 3 heteroatoms. The Balaban J connectivity index is 1.78. The van der Waals surface area contributed by atoms with Crippen LogP contribution in [0.1, 0.15) is 20.8 Å². The van der Waals surface area contributed by atoms with Gasteiger partial charge in [-0.25, -0.2) is 4.39 Å². The standard InChI is InChI=1S/C19H15FOS/c1-13-5-7-14(8-6-13)11-17(21)19-10-9-18(22-19)15-3-2-4-16(20)12-15/h2-10,12H,11H2,1H3. The Bertz CT molecular complexity index is 802. The second-order valence-corrected chi connectivity index (χ2v) is 6.34. The van der Waals surface area contributed by atoms with E-state index in [4.69, 9.17) is 0 Å². The van der Waals surface area contributed by atoms with Crippen LogP contribution in [0.5, 0.6) is 0 Å². The molecule has 1 heterocycles. The predicted molar refractivity (Wildman–Crippen MR) is 88.9 cm³/mol. The molecule has 0 aliphatic carbocycles. The van der Waals surface area contributed by atoms with Crippen molar-refractivity contribution in [3.05, 3.63) is 82.5 Å². The molecule has 22 heavy (non-hydrogen) atoms. The number of hydrogen-bond acceptors (Lipinski definition) is 2. The smallest absolute Gasteiger partial charge is 0.177 e. The summed E-state index contributed by atoms with van der Waals surface area (Å²) in [5.74, 6) is -0.171. The molecule has 0 fully saturated rings. The maximum absolute atomic E-state index is 13.3. The molecule has 1 nitrogen and oxygen atoms in total. The summed E-state index contributed by atoms with van der Waals surface area (Å²) in [4.78, 5) is 14.0. The van der Waals surface area contributed by atoms with Crippen LogP contribution in [0.2, 0.25) is 0 Å². The van der Waals surface area contributed by atoms with Gasteiger partial charge in [-0.1, -0.05) is 42.0 Å². The summed E-state index contributed by atoms with van der Waals surface area (Å²) in [7, 11) is 0. The molecule has 0 unspecified atom stereocenters. The highest BCUT2D eigenvalue weighted by atomic mass is 32.1. The first-order valence-electron chi connectivity index (χ1n) is 7.06. The van der Waals surface area contributed by atoms with E-state index in [9.17, 15) is 9.18 Å². The summed E-state index contributed by atoms with van der Waals surface area (Å²) in [6.07, 6.45) is 0.392. The van der Waals surface area contributed by atoms with Crippen molar-refractivity contribution in [2.45, 2.75) is 13.3 Å². The van der Waals surface area contributed by atoms with Crippen molar-refractivity contribution < 1.29 is 9.18 Å². The van der Waals surface area contributed by atoms with Crippen LogP contribution in [0.25, 0.3) is 10.4 Å². The molecule has 1 aromatic heterocycles. The summed E-state index contributed by atoms with van der Waals surface area (Å²) >= 11 is 1.41. The third kappa shape index (κ3) is 3.31. The van der Waals surface area contributed by atoms with E-state index in [0.29, 0.717) is 11.3 Å². The van der Waals surface area contributed by atoms with E-state index in [-0.39, 0.29) is 11.6 Å². The van der Waals surface area contributed by atoms with Gasteiger partial charge in [-0.3, -0.25) is 4.79 Å². The highest BCUT2D eigenvalue weighted by Crippen LogP contribution is 2.29. The molecule has 0 amide bonds. The number of carbonyl (C=O) groups excluding carboxylic acids is 1. The van der Waals surface area contributed by atoms with Gasteiger partial charge in [0.25, 0.3) is 0 Å². The summed E-state index contributed by atoms with van der Waals surface area (Å²) < 4.78 is 13.3. The number of carbonyl (C=O) groups is 1. The summed E-state index contributed by atoms with van der Waals surface area (Å²) in [5.41, 5.74) is 3.00. The van der Waals surface area contributed by atoms with Crippen molar-refractivity contribution in [3.63, 3.8) is 0 Å². The van der Waals surface area contributed by atoms with Crippen LogP contribution in [0.3, 0.4) is 0 Å². The third-order valence-electron chi connectivity index (χ3n) is 3.48. The molecule has 0 spiro atoms. The molecule has 0 N–H and O–H groups in total. The number of benzene rings is 2. The lowest BCUT2D eigenvalue weighted by Gasteiger charge is -2.00. The van der Waals surface area contributed by atoms with Crippen LogP contribution in [0, 0.1) is 12.7 Å². The zero-order chi connectivity index (χ0) is 15.5. The Labute approximate surface area is 133 Å². The number of hydrogen-bond donors (Lipinski definition) is 0. The van der Waals surface area contributed by atoms with Crippen LogP contribution in [-0.2, 0) is 6.42 Å². The second-order valence-electron chi connectivity index (χ2n) is 5.26. The SMILES string of the molecule is Cc1ccc(CC(=O)c2ccc(-c3cccc(F)c3)s2)cc1. The molecule has 110 valence electrons. The number of Topliss-reactive ketones (excluding diaryl/α,β-unsaturated/α-hetero) is 1. The Morgan fingerprint density at radius 2 is 1.82 bits per heavy atom. The maximum Gasteiger partial charge on any atom is 0.177 e. The molecular weight excluding hydrogens is 295 g/mol. The van der Waals surface area contributed by atoms with E-state index < -0.39 is 0 Å². The molecule has 0 saturated carbocycles. The summed E-state index contributed by atoms with van der Waals surface area (Å²) in [6.45, 7) is 2.02. The van der Waals surface area contributed by atoms with Crippen molar-refractivity contribution in [1.82, 2.24) is 0 Å². The predicted octanol–water partition coefficient (Wildman–Crippen LogP) is 5.29. The number of aryl methyl sites for hydroxylation is 1. The minimum absolute atomic E-state index is 0.0940. The third-order valence-corrected chi connectivity index (χ3v) is 4.65. The zero-order valence-corrected chi connectivity index (χ0v) is 13.0. The lowest BCUT2D eigenvalue weighted by Crippen LogP contribution is -2.00. The van der Waals surface area contributed by atoms with Gasteiger partial charge in [0.05, 0.1) is 4.88 Å². The zero-order valence-electron chi connectivity index (χ0n) is 12.2. The summed E-state index contributed by atoms with van der Waals surface area (Å²) in [6, 6.07) is 18.1. The van der Waals surface area contributed by atoms with Crippen LogP contribution in [0.4, 0.5) is 4.39 Å². The fourth-order valence-electron chi connectivity index (χ4n) is 2.26. The minimum Gasteiger partial charge on any atom is -0.293 e.